The third-order valence-corrected chi connectivity index (χ3v) is 1.72. The Bertz CT molecular complexity index is 195. The van der Waals surface area contributed by atoms with Gasteiger partial charge in [0, 0.05) is 0 Å². The summed E-state index contributed by atoms with van der Waals surface area (Å²) in [5, 5.41) is 0. The molecule has 4 heteroatoms. The van der Waals surface area contributed by atoms with Gasteiger partial charge in [0.05, 0.1) is 0 Å². The zero-order valence-electron chi connectivity index (χ0n) is 9.59. The third-order valence-electron chi connectivity index (χ3n) is 1.72. The van der Waals surface area contributed by atoms with E-state index >= 15 is 0 Å². The molecular formula is C10H22N2O2. The first-order valence-corrected chi connectivity index (χ1v) is 5.00. The van der Waals surface area contributed by atoms with Crippen LogP contribution < -0.4 is 11.5 Å². The molecule has 0 spiro atoms. The van der Waals surface area contributed by atoms with Crippen molar-refractivity contribution in [3.63, 3.8) is 0 Å². The van der Waals surface area contributed by atoms with Gasteiger partial charge in [-0.2, -0.15) is 0 Å². The summed E-state index contributed by atoms with van der Waals surface area (Å²) in [4.78, 5) is 11.5. The Kier molecular flexibility index (Phi) is 4.55. The monoisotopic (exact) mass is 202 g/mol. The maximum atomic E-state index is 11.5. The van der Waals surface area contributed by atoms with Crippen molar-refractivity contribution in [1.82, 2.24) is 0 Å². The van der Waals surface area contributed by atoms with E-state index in [1.54, 1.807) is 20.8 Å². The van der Waals surface area contributed by atoms with Gasteiger partial charge in [0.1, 0.15) is 5.60 Å². The first-order valence-electron chi connectivity index (χ1n) is 5.00. The van der Waals surface area contributed by atoms with Crippen LogP contribution in [0.4, 0.5) is 0 Å². The Morgan fingerprint density at radius 2 is 1.79 bits per heavy atom. The van der Waals surface area contributed by atoms with Crippen molar-refractivity contribution in [2.75, 3.05) is 0 Å². The third kappa shape index (κ3) is 5.19. The van der Waals surface area contributed by atoms with Crippen molar-refractivity contribution in [3.05, 3.63) is 0 Å². The summed E-state index contributed by atoms with van der Waals surface area (Å²) < 4.78 is 5.11. The van der Waals surface area contributed by atoms with Crippen LogP contribution in [0.5, 0.6) is 0 Å². The molecule has 0 radical (unpaired) electrons. The highest BCUT2D eigenvalue weighted by atomic mass is 16.6. The molecule has 0 saturated heterocycles. The van der Waals surface area contributed by atoms with Gasteiger partial charge in [0.2, 0.25) is 0 Å². The number of nitrogens with two attached hydrogens (primary N) is 2. The molecule has 84 valence electrons. The van der Waals surface area contributed by atoms with Gasteiger partial charge >= 0.3 is 5.97 Å². The topological polar surface area (TPSA) is 78.3 Å². The van der Waals surface area contributed by atoms with Crippen LogP contribution in [-0.2, 0) is 9.53 Å². The van der Waals surface area contributed by atoms with Crippen LogP contribution in [0.3, 0.4) is 0 Å². The Balaban J connectivity index is 4.21. The van der Waals surface area contributed by atoms with Gasteiger partial charge in [-0.1, -0.05) is 13.3 Å². The van der Waals surface area contributed by atoms with Gasteiger partial charge in [-0.3, -0.25) is 0 Å². The Morgan fingerprint density at radius 3 is 2.14 bits per heavy atom. The molecule has 0 aliphatic carbocycles. The lowest BCUT2D eigenvalue weighted by Gasteiger charge is -2.27. The predicted octanol–water partition coefficient (Wildman–Crippen LogP) is 1.13. The van der Waals surface area contributed by atoms with Crippen LogP contribution in [0.15, 0.2) is 0 Å². The molecule has 0 fully saturated rings. The van der Waals surface area contributed by atoms with E-state index < -0.39 is 17.2 Å². The highest BCUT2D eigenvalue weighted by Crippen LogP contribution is 2.13. The number of rotatable bonds is 4. The lowest BCUT2D eigenvalue weighted by Crippen LogP contribution is -2.58. The van der Waals surface area contributed by atoms with Gasteiger partial charge in [0.15, 0.2) is 5.66 Å². The van der Waals surface area contributed by atoms with Crippen LogP contribution in [0.2, 0.25) is 0 Å². The fraction of sp³-hybridized carbons (Fsp3) is 0.900. The van der Waals surface area contributed by atoms with Gasteiger partial charge in [0.25, 0.3) is 0 Å². The summed E-state index contributed by atoms with van der Waals surface area (Å²) in [6, 6.07) is 0. The molecule has 0 saturated carbocycles. The smallest absolute Gasteiger partial charge is 0.341 e. The molecule has 4 N–H and O–H groups in total. The summed E-state index contributed by atoms with van der Waals surface area (Å²) >= 11 is 0. The minimum atomic E-state index is -1.34. The van der Waals surface area contributed by atoms with E-state index in [2.05, 4.69) is 0 Å². The van der Waals surface area contributed by atoms with E-state index in [4.69, 9.17) is 16.2 Å². The second-order valence-electron chi connectivity index (χ2n) is 4.65. The number of carbonyl (C=O) groups is 1. The number of hydrogen-bond acceptors (Lipinski definition) is 4. The van der Waals surface area contributed by atoms with Crippen molar-refractivity contribution in [2.45, 2.75) is 58.2 Å². The van der Waals surface area contributed by atoms with Crippen LogP contribution in [0.1, 0.15) is 47.0 Å². The van der Waals surface area contributed by atoms with Gasteiger partial charge in [-0.15, -0.1) is 0 Å². The highest BCUT2D eigenvalue weighted by Gasteiger charge is 2.33. The first-order chi connectivity index (χ1) is 6.19. The number of carbonyl (C=O) groups excluding carboxylic acids is 1. The molecule has 0 unspecified atom stereocenters. The quantitative estimate of drug-likeness (QED) is 0.529. The second-order valence-corrected chi connectivity index (χ2v) is 4.65. The van der Waals surface area contributed by atoms with Gasteiger partial charge < -0.3 is 16.2 Å². The number of unbranched alkanes of at least 4 members (excludes halogenated alkanes) is 1. The fourth-order valence-electron chi connectivity index (χ4n) is 0.944. The SMILES string of the molecule is CCCCC(N)(N)C(=O)OC(C)(C)C. The predicted molar refractivity (Wildman–Crippen MR) is 56.5 cm³/mol. The fourth-order valence-corrected chi connectivity index (χ4v) is 0.944. The lowest BCUT2D eigenvalue weighted by molar-refractivity contribution is -0.161. The molecule has 0 aromatic carbocycles. The van der Waals surface area contributed by atoms with Crippen molar-refractivity contribution in [3.8, 4) is 0 Å². The molecule has 0 rings (SSSR count). The van der Waals surface area contributed by atoms with Crippen LogP contribution >= 0.6 is 0 Å². The van der Waals surface area contributed by atoms with E-state index in [1.807, 2.05) is 6.92 Å². The maximum absolute atomic E-state index is 11.5. The molecule has 0 aliphatic heterocycles. The largest absolute Gasteiger partial charge is 0.458 e. The van der Waals surface area contributed by atoms with Crippen molar-refractivity contribution in [1.29, 1.82) is 0 Å². The Labute approximate surface area is 86.0 Å². The zero-order chi connectivity index (χ0) is 11.4. The maximum Gasteiger partial charge on any atom is 0.341 e. The van der Waals surface area contributed by atoms with Crippen molar-refractivity contribution < 1.29 is 9.53 Å². The Morgan fingerprint density at radius 1 is 1.29 bits per heavy atom. The molecule has 0 heterocycles. The van der Waals surface area contributed by atoms with E-state index in [0.717, 1.165) is 12.8 Å². The molecule has 4 nitrogen and oxygen atoms in total. The minimum Gasteiger partial charge on any atom is -0.458 e. The second kappa shape index (κ2) is 4.75. The Hall–Kier alpha value is -0.610. The van der Waals surface area contributed by atoms with Gasteiger partial charge in [-0.25, -0.2) is 4.79 Å². The van der Waals surface area contributed by atoms with Crippen LogP contribution in [-0.4, -0.2) is 17.2 Å². The van der Waals surface area contributed by atoms with Crippen LogP contribution in [0, 0.1) is 0 Å². The van der Waals surface area contributed by atoms with E-state index in [-0.39, 0.29) is 0 Å². The van der Waals surface area contributed by atoms with Crippen LogP contribution in [0.25, 0.3) is 0 Å². The number of ether oxygens (including phenoxy) is 1. The summed E-state index contributed by atoms with van der Waals surface area (Å²) in [5.41, 5.74) is 9.44. The molecule has 14 heavy (non-hydrogen) atoms. The van der Waals surface area contributed by atoms with Crippen molar-refractivity contribution in [2.24, 2.45) is 11.5 Å². The summed E-state index contributed by atoms with van der Waals surface area (Å²) in [7, 11) is 0. The standard InChI is InChI=1S/C10H22N2O2/c1-5-6-7-10(11,12)8(13)14-9(2,3)4/h5-7,11-12H2,1-4H3. The summed E-state index contributed by atoms with van der Waals surface area (Å²) in [5.74, 6) is -0.529. The van der Waals surface area contributed by atoms with Crippen molar-refractivity contribution >= 4 is 5.97 Å². The van der Waals surface area contributed by atoms with E-state index in [0.29, 0.717) is 6.42 Å². The average Bonchev–Trinajstić information content (AvgIpc) is 1.97. The average molecular weight is 202 g/mol. The van der Waals surface area contributed by atoms with E-state index in [9.17, 15) is 4.79 Å². The zero-order valence-corrected chi connectivity index (χ0v) is 9.59. The van der Waals surface area contributed by atoms with E-state index in [1.165, 1.54) is 0 Å². The first kappa shape index (κ1) is 13.4. The molecule has 0 atom stereocenters. The summed E-state index contributed by atoms with van der Waals surface area (Å²) in [6.07, 6.45) is 2.24. The number of esters is 1. The number of hydrogen-bond donors (Lipinski definition) is 2. The normalized spacial score (nSPS) is 12.7. The molecule has 0 aromatic heterocycles. The summed E-state index contributed by atoms with van der Waals surface area (Å²) in [6.45, 7) is 7.40. The van der Waals surface area contributed by atoms with Gasteiger partial charge in [-0.05, 0) is 33.6 Å². The molecule has 0 aliphatic rings. The molecule has 0 bridgehead atoms. The molecule has 0 aromatic rings. The lowest BCUT2D eigenvalue weighted by atomic mass is 10.0. The molecule has 0 amide bonds. The molecular weight excluding hydrogens is 180 g/mol. The minimum absolute atomic E-state index is 0.457. The highest BCUT2D eigenvalue weighted by molar-refractivity contribution is 5.79.